The van der Waals surface area contributed by atoms with Crippen molar-refractivity contribution in [1.29, 1.82) is 0 Å². The molecule has 0 aliphatic heterocycles. The number of anilines is 1. The van der Waals surface area contributed by atoms with Crippen LogP contribution in [0.1, 0.15) is 41.8 Å². The van der Waals surface area contributed by atoms with Crippen LogP contribution < -0.4 is 11.1 Å². The van der Waals surface area contributed by atoms with Crippen LogP contribution in [0.15, 0.2) is 24.3 Å². The van der Waals surface area contributed by atoms with Gasteiger partial charge in [-0.3, -0.25) is 9.89 Å². The van der Waals surface area contributed by atoms with E-state index < -0.39 is 0 Å². The first-order valence-electron chi connectivity index (χ1n) is 7.18. The van der Waals surface area contributed by atoms with E-state index >= 15 is 0 Å². The number of hydrogen-bond acceptors (Lipinski definition) is 4. The number of aromatic amines is 2. The number of nitrogens with zero attached hydrogens (tertiary/aromatic N) is 2. The van der Waals surface area contributed by atoms with Gasteiger partial charge in [-0.2, -0.15) is 4.98 Å². The van der Waals surface area contributed by atoms with Crippen molar-refractivity contribution in [1.82, 2.24) is 25.5 Å². The quantitative estimate of drug-likeness (QED) is 0.589. The van der Waals surface area contributed by atoms with Gasteiger partial charge in [0.25, 0.3) is 5.91 Å². The largest absolute Gasteiger partial charge is 0.367 e. The number of aromatic nitrogens is 4. The summed E-state index contributed by atoms with van der Waals surface area (Å²) in [5.41, 5.74) is 8.04. The van der Waals surface area contributed by atoms with E-state index in [1.54, 1.807) is 0 Å². The van der Waals surface area contributed by atoms with Gasteiger partial charge in [-0.1, -0.05) is 25.1 Å². The molecule has 3 aromatic rings. The summed E-state index contributed by atoms with van der Waals surface area (Å²) in [6.07, 6.45) is 0.774. The van der Waals surface area contributed by atoms with Crippen molar-refractivity contribution in [3.8, 4) is 0 Å². The molecular weight excluding hydrogens is 280 g/mol. The molecule has 2 aromatic heterocycles. The van der Waals surface area contributed by atoms with Gasteiger partial charge in [0.05, 0.1) is 6.04 Å². The summed E-state index contributed by atoms with van der Waals surface area (Å²) in [4.78, 5) is 19.8. The van der Waals surface area contributed by atoms with E-state index in [1.807, 2.05) is 38.1 Å². The summed E-state index contributed by atoms with van der Waals surface area (Å²) in [6, 6.07) is 7.58. The van der Waals surface area contributed by atoms with Crippen LogP contribution in [0.5, 0.6) is 0 Å². The summed E-state index contributed by atoms with van der Waals surface area (Å²) in [7, 11) is 0. The monoisotopic (exact) mass is 298 g/mol. The Labute approximate surface area is 127 Å². The maximum atomic E-state index is 12.5. The Bertz CT molecular complexity index is 818. The highest BCUT2D eigenvalue weighted by molar-refractivity contribution is 6.01. The van der Waals surface area contributed by atoms with Crippen LogP contribution >= 0.6 is 0 Å². The van der Waals surface area contributed by atoms with Gasteiger partial charge in [0.15, 0.2) is 0 Å². The Kier molecular flexibility index (Phi) is 3.54. The molecule has 0 unspecified atom stereocenters. The molecule has 1 atom stereocenters. The van der Waals surface area contributed by atoms with Gasteiger partial charge in [0.2, 0.25) is 5.95 Å². The molecule has 7 heteroatoms. The van der Waals surface area contributed by atoms with Crippen LogP contribution in [0.2, 0.25) is 0 Å². The molecule has 0 saturated heterocycles. The molecule has 5 N–H and O–H groups in total. The number of nitrogens with one attached hydrogen (secondary N) is 3. The molecule has 7 nitrogen and oxygen atoms in total. The second-order valence-electron chi connectivity index (χ2n) is 5.15. The zero-order chi connectivity index (χ0) is 15.7. The average molecular weight is 298 g/mol. The number of para-hydroxylation sites is 1. The van der Waals surface area contributed by atoms with E-state index in [0.717, 1.165) is 22.9 Å². The number of hydrogen-bond donors (Lipinski definition) is 4. The standard InChI is InChI=1S/C15H18N6O/c1-3-9-10-6-4-5-7-11(10)18-12(9)14(22)17-8(2)13-19-15(16)21-20-13/h4-8,18H,3H2,1-2H3,(H,17,22)(H3,16,19,20,21)/t8-/m1/s1. The molecule has 0 aliphatic rings. The van der Waals surface area contributed by atoms with Crippen LogP contribution in [-0.2, 0) is 6.42 Å². The maximum Gasteiger partial charge on any atom is 0.268 e. The summed E-state index contributed by atoms with van der Waals surface area (Å²) in [5, 5.41) is 10.5. The predicted octanol–water partition coefficient (Wildman–Crippen LogP) is 1.92. The third kappa shape index (κ3) is 2.41. The zero-order valence-corrected chi connectivity index (χ0v) is 12.5. The third-order valence-corrected chi connectivity index (χ3v) is 3.67. The van der Waals surface area contributed by atoms with Gasteiger partial charge >= 0.3 is 0 Å². The number of carbonyl (C=O) groups excluding carboxylic acids is 1. The molecule has 0 spiro atoms. The van der Waals surface area contributed by atoms with Gasteiger partial charge in [-0.25, -0.2) is 0 Å². The lowest BCUT2D eigenvalue weighted by Crippen LogP contribution is -2.28. The Hall–Kier alpha value is -2.83. The number of benzene rings is 1. The molecule has 0 saturated carbocycles. The molecule has 0 radical (unpaired) electrons. The molecule has 0 bridgehead atoms. The summed E-state index contributed by atoms with van der Waals surface area (Å²) in [6.45, 7) is 3.86. The van der Waals surface area contributed by atoms with E-state index in [1.165, 1.54) is 0 Å². The van der Waals surface area contributed by atoms with Crippen LogP contribution in [0.4, 0.5) is 5.95 Å². The van der Waals surface area contributed by atoms with Gasteiger partial charge in [-0.05, 0) is 25.0 Å². The topological polar surface area (TPSA) is 112 Å². The van der Waals surface area contributed by atoms with Crippen LogP contribution in [-0.4, -0.2) is 26.1 Å². The smallest absolute Gasteiger partial charge is 0.268 e. The second-order valence-corrected chi connectivity index (χ2v) is 5.15. The highest BCUT2D eigenvalue weighted by Crippen LogP contribution is 2.23. The molecular formula is C15H18N6O. The fraction of sp³-hybridized carbons (Fsp3) is 0.267. The lowest BCUT2D eigenvalue weighted by Gasteiger charge is -2.11. The lowest BCUT2D eigenvalue weighted by atomic mass is 10.1. The third-order valence-electron chi connectivity index (χ3n) is 3.67. The number of H-pyrrole nitrogens is 2. The summed E-state index contributed by atoms with van der Waals surface area (Å²) >= 11 is 0. The van der Waals surface area contributed by atoms with Crippen molar-refractivity contribution in [2.75, 3.05) is 5.73 Å². The Morgan fingerprint density at radius 3 is 2.86 bits per heavy atom. The van der Waals surface area contributed by atoms with Gasteiger partial charge < -0.3 is 16.0 Å². The van der Waals surface area contributed by atoms with Crippen molar-refractivity contribution < 1.29 is 4.79 Å². The normalized spacial score (nSPS) is 12.5. The van der Waals surface area contributed by atoms with Crippen LogP contribution in [0.3, 0.4) is 0 Å². The van der Waals surface area contributed by atoms with E-state index in [2.05, 4.69) is 25.5 Å². The minimum absolute atomic E-state index is 0.163. The Morgan fingerprint density at radius 1 is 1.41 bits per heavy atom. The molecule has 114 valence electrons. The molecule has 3 rings (SSSR count). The Balaban J connectivity index is 1.89. The minimum Gasteiger partial charge on any atom is -0.367 e. The number of fused-ring (bicyclic) bond motifs is 1. The zero-order valence-electron chi connectivity index (χ0n) is 12.5. The first-order chi connectivity index (χ1) is 10.6. The van der Waals surface area contributed by atoms with Crippen molar-refractivity contribution >= 4 is 22.8 Å². The molecule has 0 aliphatic carbocycles. The highest BCUT2D eigenvalue weighted by Gasteiger charge is 2.19. The van der Waals surface area contributed by atoms with E-state index in [9.17, 15) is 4.79 Å². The fourth-order valence-corrected chi connectivity index (χ4v) is 2.58. The van der Waals surface area contributed by atoms with Gasteiger partial charge in [0.1, 0.15) is 11.5 Å². The van der Waals surface area contributed by atoms with Crippen molar-refractivity contribution in [2.24, 2.45) is 0 Å². The first-order valence-corrected chi connectivity index (χ1v) is 7.18. The maximum absolute atomic E-state index is 12.5. The van der Waals surface area contributed by atoms with E-state index in [-0.39, 0.29) is 17.9 Å². The van der Waals surface area contributed by atoms with Crippen LogP contribution in [0.25, 0.3) is 10.9 Å². The van der Waals surface area contributed by atoms with E-state index in [4.69, 9.17) is 5.73 Å². The lowest BCUT2D eigenvalue weighted by molar-refractivity contribution is 0.0933. The van der Waals surface area contributed by atoms with Crippen molar-refractivity contribution in [2.45, 2.75) is 26.3 Å². The SMILES string of the molecule is CCc1c(C(=O)N[C@H](C)c2nc(N)n[nH]2)[nH]c2ccccc12. The number of rotatable bonds is 4. The average Bonchev–Trinajstić information content (AvgIpc) is 3.10. The molecule has 1 amide bonds. The number of aryl methyl sites for hydroxylation is 1. The fourth-order valence-electron chi connectivity index (χ4n) is 2.58. The minimum atomic E-state index is -0.312. The van der Waals surface area contributed by atoms with Crippen molar-refractivity contribution in [3.05, 3.63) is 41.3 Å². The van der Waals surface area contributed by atoms with Crippen molar-refractivity contribution in [3.63, 3.8) is 0 Å². The summed E-state index contributed by atoms with van der Waals surface area (Å²) < 4.78 is 0. The molecule has 1 aromatic carbocycles. The van der Waals surface area contributed by atoms with Crippen LogP contribution in [0, 0.1) is 0 Å². The van der Waals surface area contributed by atoms with Gasteiger partial charge in [0, 0.05) is 10.9 Å². The van der Waals surface area contributed by atoms with Gasteiger partial charge in [-0.15, -0.1) is 5.10 Å². The number of carbonyl (C=O) groups is 1. The predicted molar refractivity (Wildman–Crippen MR) is 84.4 cm³/mol. The second kappa shape index (κ2) is 5.51. The number of nitrogens with two attached hydrogens (primary N) is 1. The highest BCUT2D eigenvalue weighted by atomic mass is 16.2. The molecule has 0 fully saturated rings. The number of amides is 1. The molecule has 2 heterocycles. The molecule has 22 heavy (non-hydrogen) atoms. The summed E-state index contributed by atoms with van der Waals surface area (Å²) in [5.74, 6) is 0.520. The first kappa shape index (κ1) is 14.1. The Morgan fingerprint density at radius 2 is 2.18 bits per heavy atom. The van der Waals surface area contributed by atoms with E-state index in [0.29, 0.717) is 11.5 Å². The number of nitrogen functional groups attached to an aromatic ring is 1.